The van der Waals surface area contributed by atoms with Crippen molar-refractivity contribution in [3.05, 3.63) is 28.3 Å². The first-order chi connectivity index (χ1) is 11.7. The van der Waals surface area contributed by atoms with E-state index in [1.54, 1.807) is 12.4 Å². The van der Waals surface area contributed by atoms with Crippen molar-refractivity contribution in [2.75, 3.05) is 18.9 Å². The number of fused-ring (bicyclic) bond motifs is 1. The average molecular weight is 347 g/mol. The summed E-state index contributed by atoms with van der Waals surface area (Å²) in [6.45, 7) is 2.07. The molecule has 4 heterocycles. The summed E-state index contributed by atoms with van der Waals surface area (Å²) in [7, 11) is 0. The van der Waals surface area contributed by atoms with Crippen molar-refractivity contribution in [2.24, 2.45) is 4.99 Å². The Morgan fingerprint density at radius 1 is 1.50 bits per heavy atom. The highest BCUT2D eigenvalue weighted by Gasteiger charge is 2.24. The van der Waals surface area contributed by atoms with Crippen molar-refractivity contribution in [3.63, 3.8) is 0 Å². The molecule has 0 aromatic heterocycles. The van der Waals surface area contributed by atoms with Crippen molar-refractivity contribution < 1.29 is 9.53 Å². The number of pyridine rings is 1. The fourth-order valence-electron chi connectivity index (χ4n) is 2.96. The van der Waals surface area contributed by atoms with E-state index in [9.17, 15) is 9.59 Å². The summed E-state index contributed by atoms with van der Waals surface area (Å²) in [5.41, 5.74) is 0.846. The number of aromatic nitrogens is 3. The predicted octanol–water partition coefficient (Wildman–Crippen LogP) is 0.688. The molecule has 8 nitrogen and oxygen atoms in total. The number of H-pyrrole nitrogens is 1. The van der Waals surface area contributed by atoms with E-state index in [2.05, 4.69) is 20.5 Å². The summed E-state index contributed by atoms with van der Waals surface area (Å²) in [5, 5.41) is 9.82. The summed E-state index contributed by atoms with van der Waals surface area (Å²) < 4.78 is 7.48. The van der Waals surface area contributed by atoms with E-state index in [-0.39, 0.29) is 17.6 Å². The summed E-state index contributed by atoms with van der Waals surface area (Å²) in [4.78, 5) is 28.8. The van der Waals surface area contributed by atoms with E-state index >= 15 is 0 Å². The van der Waals surface area contributed by atoms with Gasteiger partial charge in [-0.1, -0.05) is 11.8 Å². The van der Waals surface area contributed by atoms with Gasteiger partial charge in [-0.3, -0.25) is 14.6 Å². The van der Waals surface area contributed by atoms with Crippen LogP contribution in [0.4, 0.5) is 0 Å². The number of carbonyl (C=O) groups is 1. The fraction of sp³-hybridized carbons (Fsp3) is 0.467. The first-order valence-electron chi connectivity index (χ1n) is 7.89. The third kappa shape index (κ3) is 2.96. The molecule has 1 saturated heterocycles. The van der Waals surface area contributed by atoms with Crippen LogP contribution in [0.15, 0.2) is 22.2 Å². The molecule has 126 valence electrons. The lowest BCUT2D eigenvalue weighted by atomic mass is 10.1. The number of amidine groups is 1. The molecule has 1 fully saturated rings. The second-order valence-corrected chi connectivity index (χ2v) is 6.89. The zero-order valence-corrected chi connectivity index (χ0v) is 13.8. The Labute approximate surface area is 142 Å². The van der Waals surface area contributed by atoms with E-state index in [4.69, 9.17) is 4.74 Å². The van der Waals surface area contributed by atoms with Crippen LogP contribution in [0.3, 0.4) is 0 Å². The van der Waals surface area contributed by atoms with Crippen LogP contribution in [0.2, 0.25) is 0 Å². The first kappa shape index (κ1) is 15.4. The SMILES string of the molecule is O=C(NC1=NCCS1)c1cn(C[C@@H]2CCCO2)cc2c(=O)[nH]nc1-2. The first-order valence-corrected chi connectivity index (χ1v) is 8.87. The van der Waals surface area contributed by atoms with E-state index in [0.717, 1.165) is 25.2 Å². The molecular formula is C15H17N5O3S. The standard InChI is InChI=1S/C15H17N5O3S/c21-13(17-15-16-3-5-24-15)10-7-20(6-9-2-1-4-23-9)8-11-12(10)18-19-14(11)22/h7-9H,1-6H2,(H,19,22)(H,16,17,21)/t9-/m0/s1. The molecule has 0 unspecified atom stereocenters. The summed E-state index contributed by atoms with van der Waals surface area (Å²) in [6, 6.07) is 0. The number of nitrogens with zero attached hydrogens (tertiary/aromatic N) is 3. The Kier molecular flexibility index (Phi) is 4.11. The van der Waals surface area contributed by atoms with Gasteiger partial charge >= 0.3 is 0 Å². The van der Waals surface area contributed by atoms with Gasteiger partial charge in [-0.2, -0.15) is 5.10 Å². The maximum Gasteiger partial charge on any atom is 0.275 e. The number of hydrogen-bond donors (Lipinski definition) is 2. The topological polar surface area (TPSA) is 101 Å². The number of amides is 1. The normalized spacial score (nSPS) is 20.5. The molecule has 0 aliphatic carbocycles. The van der Waals surface area contributed by atoms with Gasteiger partial charge < -0.3 is 14.6 Å². The maximum atomic E-state index is 12.6. The van der Waals surface area contributed by atoms with Gasteiger partial charge in [-0.05, 0) is 12.8 Å². The molecule has 4 aliphatic rings. The number of aliphatic imine (C=N–C) groups is 1. The smallest absolute Gasteiger partial charge is 0.275 e. The molecule has 4 rings (SSSR count). The second kappa shape index (κ2) is 6.40. The second-order valence-electron chi connectivity index (χ2n) is 5.81. The zero-order chi connectivity index (χ0) is 16.5. The highest BCUT2D eigenvalue weighted by Crippen LogP contribution is 2.22. The van der Waals surface area contributed by atoms with Gasteiger partial charge in [0.25, 0.3) is 11.5 Å². The summed E-state index contributed by atoms with van der Waals surface area (Å²) in [5.74, 6) is 0.563. The lowest BCUT2D eigenvalue weighted by molar-refractivity contribution is 0.0950. The number of ether oxygens (including phenoxy) is 1. The van der Waals surface area contributed by atoms with Gasteiger partial charge in [0.2, 0.25) is 0 Å². The van der Waals surface area contributed by atoms with Gasteiger partial charge in [-0.15, -0.1) is 0 Å². The molecule has 4 aliphatic heterocycles. The lowest BCUT2D eigenvalue weighted by Gasteiger charge is -2.16. The van der Waals surface area contributed by atoms with Crippen molar-refractivity contribution in [3.8, 4) is 11.3 Å². The maximum absolute atomic E-state index is 12.6. The van der Waals surface area contributed by atoms with Gasteiger partial charge in [0.1, 0.15) is 5.69 Å². The fourth-order valence-corrected chi connectivity index (χ4v) is 3.68. The van der Waals surface area contributed by atoms with Crippen LogP contribution in [-0.4, -0.2) is 50.8 Å². The summed E-state index contributed by atoms with van der Waals surface area (Å²) in [6.07, 6.45) is 5.58. The van der Waals surface area contributed by atoms with Gasteiger partial charge in [0.15, 0.2) is 5.17 Å². The molecule has 9 heteroatoms. The number of aromatic amines is 1. The van der Waals surface area contributed by atoms with E-state index in [1.165, 1.54) is 11.8 Å². The Bertz CT molecular complexity index is 821. The van der Waals surface area contributed by atoms with Crippen LogP contribution in [0.1, 0.15) is 23.2 Å². The molecule has 2 N–H and O–H groups in total. The molecule has 0 aromatic carbocycles. The molecule has 0 saturated carbocycles. The molecule has 0 spiro atoms. The molecular weight excluding hydrogens is 330 g/mol. The molecule has 0 bridgehead atoms. The average Bonchev–Trinajstić information content (AvgIpc) is 3.31. The van der Waals surface area contributed by atoms with E-state index in [1.807, 2.05) is 4.57 Å². The predicted molar refractivity (Wildman–Crippen MR) is 90.7 cm³/mol. The monoisotopic (exact) mass is 347 g/mol. The number of hydrogen-bond acceptors (Lipinski definition) is 6. The lowest BCUT2D eigenvalue weighted by Crippen LogP contribution is -2.29. The molecule has 24 heavy (non-hydrogen) atoms. The van der Waals surface area contributed by atoms with Gasteiger partial charge in [-0.25, -0.2) is 5.10 Å². The Morgan fingerprint density at radius 2 is 2.42 bits per heavy atom. The number of nitrogens with one attached hydrogen (secondary N) is 2. The number of thioether (sulfide) groups is 1. The van der Waals surface area contributed by atoms with Gasteiger partial charge in [0.05, 0.1) is 23.8 Å². The van der Waals surface area contributed by atoms with Gasteiger partial charge in [0, 0.05) is 31.3 Å². The molecule has 1 atom stereocenters. The highest BCUT2D eigenvalue weighted by atomic mass is 32.2. The molecule has 1 amide bonds. The quantitative estimate of drug-likeness (QED) is 0.850. The molecule has 0 radical (unpaired) electrons. The van der Waals surface area contributed by atoms with Crippen LogP contribution < -0.4 is 10.9 Å². The number of carbonyl (C=O) groups excluding carboxylic acids is 1. The molecule has 0 aromatic rings. The van der Waals surface area contributed by atoms with E-state index < -0.39 is 0 Å². The summed E-state index contributed by atoms with van der Waals surface area (Å²) >= 11 is 1.51. The number of rotatable bonds is 3. The minimum atomic E-state index is -0.304. The van der Waals surface area contributed by atoms with Crippen LogP contribution in [0.25, 0.3) is 11.3 Å². The third-order valence-corrected chi connectivity index (χ3v) is 4.99. The van der Waals surface area contributed by atoms with Crippen LogP contribution >= 0.6 is 11.8 Å². The Balaban J connectivity index is 1.67. The van der Waals surface area contributed by atoms with Crippen molar-refractivity contribution in [1.82, 2.24) is 20.1 Å². The van der Waals surface area contributed by atoms with Crippen LogP contribution in [0.5, 0.6) is 0 Å². The van der Waals surface area contributed by atoms with Crippen molar-refractivity contribution >= 4 is 22.8 Å². The third-order valence-electron chi connectivity index (χ3n) is 4.10. The highest BCUT2D eigenvalue weighted by molar-refractivity contribution is 8.14. The minimum Gasteiger partial charge on any atom is -0.376 e. The Morgan fingerprint density at radius 3 is 3.17 bits per heavy atom. The van der Waals surface area contributed by atoms with E-state index in [0.29, 0.717) is 35.1 Å². The van der Waals surface area contributed by atoms with Crippen LogP contribution in [0, 0.1) is 0 Å². The minimum absolute atomic E-state index is 0.111. The van der Waals surface area contributed by atoms with Crippen molar-refractivity contribution in [1.29, 1.82) is 0 Å². The van der Waals surface area contributed by atoms with Crippen LogP contribution in [-0.2, 0) is 11.3 Å². The largest absolute Gasteiger partial charge is 0.376 e. The Hall–Kier alpha value is -2.13. The zero-order valence-electron chi connectivity index (χ0n) is 12.9. The van der Waals surface area contributed by atoms with Crippen molar-refractivity contribution in [2.45, 2.75) is 25.5 Å².